The molecule has 2 rings (SSSR count). The number of pyridine rings is 1. The number of hydrogen-bond acceptors (Lipinski definition) is 4. The normalized spacial score (nSPS) is 21.4. The molecule has 1 aromatic rings. The van der Waals surface area contributed by atoms with E-state index in [2.05, 4.69) is 4.98 Å². The smallest absolute Gasteiger partial charge is 0.159 e. The predicted octanol–water partition coefficient (Wildman–Crippen LogP) is 1.83. The molecular weight excluding hydrogens is 262 g/mol. The van der Waals surface area contributed by atoms with Gasteiger partial charge in [-0.2, -0.15) is 0 Å². The maximum atomic E-state index is 12.1. The first-order valence-electron chi connectivity index (χ1n) is 5.48. The van der Waals surface area contributed by atoms with Crippen molar-refractivity contribution in [1.82, 2.24) is 4.98 Å². The largest absolute Gasteiger partial charge is 0.380 e. The molecule has 0 N–H and O–H groups in total. The lowest BCUT2D eigenvalue weighted by Gasteiger charge is -2.22. The number of aromatic nitrogens is 1. The van der Waals surface area contributed by atoms with Crippen molar-refractivity contribution in [3.8, 4) is 0 Å². The van der Waals surface area contributed by atoms with E-state index in [1.165, 1.54) is 6.20 Å². The molecule has 0 saturated carbocycles. The van der Waals surface area contributed by atoms with Gasteiger partial charge in [-0.15, -0.1) is 0 Å². The second-order valence-electron chi connectivity index (χ2n) is 4.13. The molecule has 1 saturated heterocycles. The Morgan fingerprint density at radius 3 is 3.00 bits per heavy atom. The number of halogens is 1. The highest BCUT2D eigenvalue weighted by Crippen LogP contribution is 2.19. The van der Waals surface area contributed by atoms with E-state index in [0.717, 1.165) is 6.42 Å². The third-order valence-electron chi connectivity index (χ3n) is 2.79. The molecule has 2 heterocycles. The van der Waals surface area contributed by atoms with Crippen LogP contribution in [0.5, 0.6) is 0 Å². The van der Waals surface area contributed by atoms with Crippen molar-refractivity contribution >= 4 is 21.4 Å². The topological polar surface area (TPSA) is 56.3 Å². The fourth-order valence-corrected chi connectivity index (χ4v) is 3.78. The molecule has 0 unspecified atom stereocenters. The summed E-state index contributed by atoms with van der Waals surface area (Å²) < 4.78 is 29.5. The summed E-state index contributed by atoms with van der Waals surface area (Å²) in [4.78, 5) is 3.83. The summed E-state index contributed by atoms with van der Waals surface area (Å²) in [5.41, 5.74) is 0.676. The summed E-state index contributed by atoms with van der Waals surface area (Å²) in [6.45, 7) is 0.967. The zero-order valence-corrected chi connectivity index (χ0v) is 10.9. The highest BCUT2D eigenvalue weighted by Gasteiger charge is 2.28. The summed E-state index contributed by atoms with van der Waals surface area (Å²) in [6, 6.07) is 3.26. The van der Waals surface area contributed by atoms with Crippen LogP contribution in [-0.4, -0.2) is 31.9 Å². The first-order valence-corrected chi connectivity index (χ1v) is 7.57. The average molecular weight is 276 g/mol. The molecule has 0 radical (unpaired) electrons. The van der Waals surface area contributed by atoms with E-state index in [-0.39, 0.29) is 11.0 Å². The second kappa shape index (κ2) is 5.33. The van der Waals surface area contributed by atoms with Gasteiger partial charge in [0.15, 0.2) is 9.84 Å². The van der Waals surface area contributed by atoms with Gasteiger partial charge in [0.25, 0.3) is 0 Å². The quantitative estimate of drug-likeness (QED) is 0.790. The SMILES string of the molecule is O=S(=O)(Cc1ccnc(Cl)c1)[C@@H]1CCCOC1. The molecule has 1 atom stereocenters. The maximum Gasteiger partial charge on any atom is 0.159 e. The van der Waals surface area contributed by atoms with Crippen molar-refractivity contribution < 1.29 is 13.2 Å². The molecule has 6 heteroatoms. The standard InChI is InChI=1S/C11H14ClNO3S/c12-11-6-9(3-4-13-11)8-17(14,15)10-2-1-5-16-7-10/h3-4,6,10H,1-2,5,7-8H2/t10-/m1/s1. The van der Waals surface area contributed by atoms with Crippen molar-refractivity contribution in [2.75, 3.05) is 13.2 Å². The van der Waals surface area contributed by atoms with Crippen LogP contribution >= 0.6 is 11.6 Å². The Morgan fingerprint density at radius 2 is 2.35 bits per heavy atom. The minimum absolute atomic E-state index is 0.00324. The molecule has 4 nitrogen and oxygen atoms in total. The van der Waals surface area contributed by atoms with E-state index >= 15 is 0 Å². The second-order valence-corrected chi connectivity index (χ2v) is 6.80. The molecule has 1 fully saturated rings. The zero-order valence-electron chi connectivity index (χ0n) is 9.30. The van der Waals surface area contributed by atoms with Crippen LogP contribution < -0.4 is 0 Å². The molecule has 0 amide bonds. The fourth-order valence-electron chi connectivity index (χ4n) is 1.88. The van der Waals surface area contributed by atoms with Crippen LogP contribution in [0.25, 0.3) is 0 Å². The van der Waals surface area contributed by atoms with Gasteiger partial charge in [0.2, 0.25) is 0 Å². The number of ether oxygens (including phenoxy) is 1. The van der Waals surface area contributed by atoms with Crippen LogP contribution in [0.4, 0.5) is 0 Å². The van der Waals surface area contributed by atoms with Gasteiger partial charge in [-0.25, -0.2) is 13.4 Å². The monoisotopic (exact) mass is 275 g/mol. The Labute approximate surface area is 106 Å². The number of rotatable bonds is 3. The van der Waals surface area contributed by atoms with E-state index in [9.17, 15) is 8.42 Å². The Kier molecular flexibility index (Phi) is 4.01. The Hall–Kier alpha value is -0.650. The van der Waals surface area contributed by atoms with Gasteiger partial charge in [0.05, 0.1) is 17.6 Å². The third-order valence-corrected chi connectivity index (χ3v) is 5.12. The van der Waals surface area contributed by atoms with E-state index < -0.39 is 9.84 Å². The third kappa shape index (κ3) is 3.40. The van der Waals surface area contributed by atoms with Crippen molar-refractivity contribution in [3.05, 3.63) is 29.0 Å². The van der Waals surface area contributed by atoms with Crippen LogP contribution in [-0.2, 0) is 20.3 Å². The Bertz CT molecular complexity index is 483. The molecule has 0 spiro atoms. The highest BCUT2D eigenvalue weighted by molar-refractivity contribution is 7.91. The van der Waals surface area contributed by atoms with Gasteiger partial charge in [-0.3, -0.25) is 0 Å². The predicted molar refractivity (Wildman–Crippen MR) is 65.7 cm³/mol. The summed E-state index contributed by atoms with van der Waals surface area (Å²) in [7, 11) is -3.16. The van der Waals surface area contributed by atoms with E-state index in [1.54, 1.807) is 12.1 Å². The van der Waals surface area contributed by atoms with Crippen molar-refractivity contribution in [2.24, 2.45) is 0 Å². The molecule has 1 aliphatic rings. The maximum absolute atomic E-state index is 12.1. The van der Waals surface area contributed by atoms with Crippen molar-refractivity contribution in [3.63, 3.8) is 0 Å². The lowest BCUT2D eigenvalue weighted by atomic mass is 10.2. The number of sulfone groups is 1. The van der Waals surface area contributed by atoms with Gasteiger partial charge in [0.1, 0.15) is 5.15 Å². The number of hydrogen-bond donors (Lipinski definition) is 0. The summed E-state index contributed by atoms with van der Waals surface area (Å²) in [5.74, 6) is 0.00324. The molecule has 17 heavy (non-hydrogen) atoms. The van der Waals surface area contributed by atoms with Crippen LogP contribution in [0.2, 0.25) is 5.15 Å². The van der Waals surface area contributed by atoms with Gasteiger partial charge < -0.3 is 4.74 Å². The highest BCUT2D eigenvalue weighted by atomic mass is 35.5. The summed E-state index contributed by atoms with van der Waals surface area (Å²) >= 11 is 5.73. The Morgan fingerprint density at radius 1 is 1.53 bits per heavy atom. The number of nitrogens with zero attached hydrogens (tertiary/aromatic N) is 1. The van der Waals surface area contributed by atoms with E-state index in [4.69, 9.17) is 16.3 Å². The molecular formula is C11H14ClNO3S. The van der Waals surface area contributed by atoms with Crippen molar-refractivity contribution in [1.29, 1.82) is 0 Å². The molecule has 1 aromatic heterocycles. The van der Waals surface area contributed by atoms with Crippen LogP contribution in [0.3, 0.4) is 0 Å². The first-order chi connectivity index (χ1) is 8.08. The first kappa shape index (κ1) is 12.8. The van der Waals surface area contributed by atoms with E-state index in [0.29, 0.717) is 30.4 Å². The van der Waals surface area contributed by atoms with Crippen LogP contribution in [0.15, 0.2) is 18.3 Å². The molecule has 0 bridgehead atoms. The minimum Gasteiger partial charge on any atom is -0.380 e. The summed E-state index contributed by atoms with van der Waals surface area (Å²) in [5, 5.41) is -0.0687. The van der Waals surface area contributed by atoms with Crippen LogP contribution in [0.1, 0.15) is 18.4 Å². The van der Waals surface area contributed by atoms with Gasteiger partial charge >= 0.3 is 0 Å². The molecule has 1 aliphatic heterocycles. The lowest BCUT2D eigenvalue weighted by Crippen LogP contribution is -2.31. The summed E-state index contributed by atoms with van der Waals surface area (Å²) in [6.07, 6.45) is 3.01. The van der Waals surface area contributed by atoms with Crippen LogP contribution in [0, 0.1) is 0 Å². The molecule has 0 aliphatic carbocycles. The average Bonchev–Trinajstić information content (AvgIpc) is 2.29. The minimum atomic E-state index is -3.16. The van der Waals surface area contributed by atoms with Gasteiger partial charge in [0, 0.05) is 12.8 Å². The molecule has 0 aromatic carbocycles. The van der Waals surface area contributed by atoms with Crippen molar-refractivity contribution in [2.45, 2.75) is 23.8 Å². The van der Waals surface area contributed by atoms with Gasteiger partial charge in [-0.1, -0.05) is 11.6 Å². The lowest BCUT2D eigenvalue weighted by molar-refractivity contribution is 0.0991. The van der Waals surface area contributed by atoms with E-state index in [1.807, 2.05) is 0 Å². The van der Waals surface area contributed by atoms with Gasteiger partial charge in [-0.05, 0) is 30.5 Å². The Balaban J connectivity index is 2.11. The zero-order chi connectivity index (χ0) is 12.3. The fraction of sp³-hybridized carbons (Fsp3) is 0.545. The molecule has 94 valence electrons.